The van der Waals surface area contributed by atoms with Gasteiger partial charge in [-0.2, -0.15) is 0 Å². The van der Waals surface area contributed by atoms with Gasteiger partial charge in [0, 0.05) is 25.6 Å². The maximum absolute atomic E-state index is 12.3. The van der Waals surface area contributed by atoms with E-state index in [0.717, 1.165) is 37.4 Å². The van der Waals surface area contributed by atoms with Crippen LogP contribution in [0.15, 0.2) is 12.1 Å². The van der Waals surface area contributed by atoms with Crippen LogP contribution in [-0.4, -0.2) is 44.7 Å². The van der Waals surface area contributed by atoms with E-state index in [0.29, 0.717) is 6.54 Å². The lowest BCUT2D eigenvalue weighted by atomic mass is 10.0. The molecule has 21 heavy (non-hydrogen) atoms. The van der Waals surface area contributed by atoms with Gasteiger partial charge in [-0.1, -0.05) is 6.92 Å². The molecule has 1 unspecified atom stereocenters. The molecular formula is C16H24N2O3. The maximum Gasteiger partial charge on any atom is 0.226 e. The Morgan fingerprint density at radius 1 is 1.19 bits per heavy atom. The van der Waals surface area contributed by atoms with E-state index in [9.17, 15) is 4.79 Å². The van der Waals surface area contributed by atoms with Crippen molar-refractivity contribution in [1.29, 1.82) is 0 Å². The molecule has 1 aromatic rings. The van der Waals surface area contributed by atoms with Gasteiger partial charge in [0.2, 0.25) is 5.91 Å². The zero-order valence-electron chi connectivity index (χ0n) is 13.0. The lowest BCUT2D eigenvalue weighted by Crippen LogP contribution is -2.39. The van der Waals surface area contributed by atoms with Gasteiger partial charge in [-0.05, 0) is 36.1 Å². The van der Waals surface area contributed by atoms with E-state index in [1.807, 2.05) is 24.0 Å². The third-order valence-corrected chi connectivity index (χ3v) is 4.09. The first-order valence-electron chi connectivity index (χ1n) is 7.33. The molecule has 1 atom stereocenters. The molecule has 5 heteroatoms. The molecule has 0 aromatic heterocycles. The second-order valence-corrected chi connectivity index (χ2v) is 5.44. The smallest absolute Gasteiger partial charge is 0.226 e. The number of methoxy groups -OCH3 is 2. The molecule has 0 spiro atoms. The van der Waals surface area contributed by atoms with Crippen LogP contribution in [0.25, 0.3) is 0 Å². The van der Waals surface area contributed by atoms with Gasteiger partial charge in [-0.25, -0.2) is 0 Å². The minimum atomic E-state index is -0.115. The Labute approximate surface area is 126 Å². The normalized spacial score (nSPS) is 15.9. The summed E-state index contributed by atoms with van der Waals surface area (Å²) in [6, 6.07) is 4.04. The van der Waals surface area contributed by atoms with Crippen molar-refractivity contribution in [1.82, 2.24) is 4.90 Å². The highest BCUT2D eigenvalue weighted by Gasteiger charge is 2.23. The van der Waals surface area contributed by atoms with Crippen LogP contribution in [0.3, 0.4) is 0 Å². The van der Waals surface area contributed by atoms with E-state index in [-0.39, 0.29) is 11.8 Å². The van der Waals surface area contributed by atoms with Crippen LogP contribution in [0.1, 0.15) is 18.1 Å². The van der Waals surface area contributed by atoms with Crippen molar-refractivity contribution in [2.75, 3.05) is 33.9 Å². The predicted molar refractivity (Wildman–Crippen MR) is 81.8 cm³/mol. The lowest BCUT2D eigenvalue weighted by Gasteiger charge is -2.23. The molecule has 0 saturated carbocycles. The molecule has 1 amide bonds. The topological polar surface area (TPSA) is 64.8 Å². The van der Waals surface area contributed by atoms with Crippen LogP contribution in [0, 0.1) is 5.92 Å². The summed E-state index contributed by atoms with van der Waals surface area (Å²) < 4.78 is 10.7. The highest BCUT2D eigenvalue weighted by atomic mass is 16.5. The lowest BCUT2D eigenvalue weighted by molar-refractivity contribution is -0.134. The molecule has 0 fully saturated rings. The van der Waals surface area contributed by atoms with E-state index in [2.05, 4.69) is 0 Å². The van der Waals surface area contributed by atoms with Gasteiger partial charge in [-0.3, -0.25) is 4.79 Å². The van der Waals surface area contributed by atoms with E-state index in [4.69, 9.17) is 15.2 Å². The third-order valence-electron chi connectivity index (χ3n) is 4.09. The van der Waals surface area contributed by atoms with Crippen LogP contribution in [0.2, 0.25) is 0 Å². The van der Waals surface area contributed by atoms with Crippen LogP contribution in [-0.2, 0) is 17.6 Å². The summed E-state index contributed by atoms with van der Waals surface area (Å²) in [6.45, 7) is 3.73. The Hall–Kier alpha value is -1.75. The van der Waals surface area contributed by atoms with Gasteiger partial charge in [-0.15, -0.1) is 0 Å². The van der Waals surface area contributed by atoms with Gasteiger partial charge in [0.1, 0.15) is 0 Å². The maximum atomic E-state index is 12.3. The quantitative estimate of drug-likeness (QED) is 0.906. The average molecular weight is 292 g/mol. The Morgan fingerprint density at radius 2 is 1.67 bits per heavy atom. The third kappa shape index (κ3) is 3.29. The van der Waals surface area contributed by atoms with E-state index in [1.54, 1.807) is 14.2 Å². The van der Waals surface area contributed by atoms with Gasteiger partial charge in [0.05, 0.1) is 14.2 Å². The highest BCUT2D eigenvalue weighted by Crippen LogP contribution is 2.32. The molecule has 0 aliphatic carbocycles. The number of hydrogen-bond acceptors (Lipinski definition) is 4. The Kier molecular flexibility index (Phi) is 5.07. The van der Waals surface area contributed by atoms with Crippen molar-refractivity contribution in [3.63, 3.8) is 0 Å². The fourth-order valence-electron chi connectivity index (χ4n) is 2.68. The summed E-state index contributed by atoms with van der Waals surface area (Å²) in [5.74, 6) is 1.51. The number of carbonyl (C=O) groups excluding carboxylic acids is 1. The zero-order chi connectivity index (χ0) is 15.4. The molecule has 1 aliphatic rings. The number of amides is 1. The molecule has 1 heterocycles. The minimum absolute atomic E-state index is 0.115. The Bertz CT molecular complexity index is 481. The molecule has 2 N–H and O–H groups in total. The summed E-state index contributed by atoms with van der Waals surface area (Å²) in [7, 11) is 3.28. The summed E-state index contributed by atoms with van der Waals surface area (Å²) in [4.78, 5) is 14.2. The van der Waals surface area contributed by atoms with Crippen LogP contribution in [0.5, 0.6) is 11.5 Å². The molecule has 0 bridgehead atoms. The van der Waals surface area contributed by atoms with E-state index in [1.165, 1.54) is 11.1 Å². The number of nitrogens with two attached hydrogens (primary N) is 1. The number of nitrogens with zero attached hydrogens (tertiary/aromatic N) is 1. The minimum Gasteiger partial charge on any atom is -0.493 e. The molecule has 1 aromatic carbocycles. The monoisotopic (exact) mass is 292 g/mol. The van der Waals surface area contributed by atoms with Crippen molar-refractivity contribution in [3.8, 4) is 11.5 Å². The number of hydrogen-bond donors (Lipinski definition) is 1. The van der Waals surface area contributed by atoms with Crippen LogP contribution >= 0.6 is 0 Å². The van der Waals surface area contributed by atoms with Gasteiger partial charge in [0.25, 0.3) is 0 Å². The van der Waals surface area contributed by atoms with Crippen LogP contribution < -0.4 is 15.2 Å². The first kappa shape index (κ1) is 15.6. The molecule has 0 radical (unpaired) electrons. The number of fused-ring (bicyclic) bond motifs is 1. The highest BCUT2D eigenvalue weighted by molar-refractivity contribution is 5.78. The Balaban J connectivity index is 2.19. The van der Waals surface area contributed by atoms with Gasteiger partial charge >= 0.3 is 0 Å². The fraction of sp³-hybridized carbons (Fsp3) is 0.562. The van der Waals surface area contributed by atoms with Crippen molar-refractivity contribution >= 4 is 5.91 Å². The second kappa shape index (κ2) is 6.80. The number of carbonyl (C=O) groups is 1. The standard InChI is InChI=1S/C16H24N2O3/c1-11(10-17)16(19)18-6-4-12-8-14(20-2)15(21-3)9-13(12)5-7-18/h8-9,11H,4-7,10,17H2,1-3H3. The SMILES string of the molecule is COc1cc2c(cc1OC)CCN(C(=O)C(C)CN)CC2. The number of ether oxygens (including phenoxy) is 2. The van der Waals surface area contributed by atoms with E-state index >= 15 is 0 Å². The molecule has 116 valence electrons. The molecule has 5 nitrogen and oxygen atoms in total. The molecule has 1 aliphatic heterocycles. The zero-order valence-corrected chi connectivity index (χ0v) is 13.0. The van der Waals surface area contributed by atoms with Crippen molar-refractivity contribution in [2.24, 2.45) is 11.7 Å². The van der Waals surface area contributed by atoms with Crippen molar-refractivity contribution in [3.05, 3.63) is 23.3 Å². The predicted octanol–water partition coefficient (Wildman–Crippen LogP) is 1.23. The second-order valence-electron chi connectivity index (χ2n) is 5.44. The van der Waals surface area contributed by atoms with Gasteiger partial charge < -0.3 is 20.1 Å². The molecule has 2 rings (SSSR count). The summed E-state index contributed by atoms with van der Waals surface area (Å²) in [5.41, 5.74) is 8.05. The largest absolute Gasteiger partial charge is 0.493 e. The molecule has 0 saturated heterocycles. The first-order valence-corrected chi connectivity index (χ1v) is 7.33. The van der Waals surface area contributed by atoms with E-state index < -0.39 is 0 Å². The average Bonchev–Trinajstić information content (AvgIpc) is 2.73. The fourth-order valence-corrected chi connectivity index (χ4v) is 2.68. The molecular weight excluding hydrogens is 268 g/mol. The summed E-state index contributed by atoms with van der Waals surface area (Å²) in [5, 5.41) is 0. The van der Waals surface area contributed by atoms with Gasteiger partial charge in [0.15, 0.2) is 11.5 Å². The summed E-state index contributed by atoms with van der Waals surface area (Å²) in [6.07, 6.45) is 1.66. The summed E-state index contributed by atoms with van der Waals surface area (Å²) >= 11 is 0. The first-order chi connectivity index (χ1) is 10.1. The number of benzene rings is 1. The van der Waals surface area contributed by atoms with Crippen molar-refractivity contribution in [2.45, 2.75) is 19.8 Å². The number of rotatable bonds is 4. The Morgan fingerprint density at radius 3 is 2.05 bits per heavy atom. The van der Waals surface area contributed by atoms with Crippen molar-refractivity contribution < 1.29 is 14.3 Å². The van der Waals surface area contributed by atoms with Crippen LogP contribution in [0.4, 0.5) is 0 Å².